The zero-order valence-electron chi connectivity index (χ0n) is 4.20. The van der Waals surface area contributed by atoms with Crippen molar-refractivity contribution in [2.75, 3.05) is 0 Å². The maximum atomic E-state index is 10.2. The van der Waals surface area contributed by atoms with Crippen LogP contribution >= 0.6 is 0 Å². The van der Waals surface area contributed by atoms with Gasteiger partial charge in [-0.2, -0.15) is 0 Å². The molecule has 4 nitrogen and oxygen atoms in total. The summed E-state index contributed by atoms with van der Waals surface area (Å²) in [5.41, 5.74) is 0. The quantitative estimate of drug-likeness (QED) is 0.198. The molecule has 0 saturated carbocycles. The highest BCUT2D eigenvalue weighted by molar-refractivity contribution is 5.89. The minimum absolute atomic E-state index is 0.165. The monoisotopic (exact) mass is 114 g/mol. The van der Waals surface area contributed by atoms with Crippen molar-refractivity contribution >= 4 is 12.2 Å². The third-order valence-electron chi connectivity index (χ3n) is 1.19. The first-order valence-corrected chi connectivity index (χ1v) is 2.27. The number of β-lactam (4-membered cyclic amide) rings is 1. The van der Waals surface area contributed by atoms with E-state index in [4.69, 9.17) is 5.84 Å². The first kappa shape index (κ1) is 5.24. The summed E-state index contributed by atoms with van der Waals surface area (Å²) in [5, 5.41) is 0.938. The van der Waals surface area contributed by atoms with Crippen LogP contribution in [0.4, 0.5) is 0 Å². The number of aldehydes is 1. The molecule has 2 N–H and O–H groups in total. The summed E-state index contributed by atoms with van der Waals surface area (Å²) >= 11 is 0. The van der Waals surface area contributed by atoms with Gasteiger partial charge in [0.15, 0.2) is 0 Å². The van der Waals surface area contributed by atoms with Gasteiger partial charge >= 0.3 is 0 Å². The minimum atomic E-state index is -0.359. The molecule has 4 heteroatoms. The normalized spacial score (nSPS) is 27.4. The van der Waals surface area contributed by atoms with Crippen molar-refractivity contribution in [2.24, 2.45) is 5.84 Å². The number of amides is 1. The molecule has 1 fully saturated rings. The topological polar surface area (TPSA) is 63.4 Å². The molecule has 0 radical (unpaired) electrons. The Kier molecular flexibility index (Phi) is 1.02. The number of carbonyl (C=O) groups excluding carboxylic acids is 2. The molecule has 1 heterocycles. The Morgan fingerprint density at radius 3 is 2.62 bits per heavy atom. The van der Waals surface area contributed by atoms with Gasteiger partial charge in [-0.3, -0.25) is 9.80 Å². The van der Waals surface area contributed by atoms with Gasteiger partial charge in [-0.1, -0.05) is 0 Å². The number of rotatable bonds is 1. The Morgan fingerprint density at radius 1 is 1.88 bits per heavy atom. The molecular weight excluding hydrogens is 108 g/mol. The van der Waals surface area contributed by atoms with Crippen LogP contribution in [-0.2, 0) is 9.59 Å². The summed E-state index contributed by atoms with van der Waals surface area (Å²) in [6.07, 6.45) is 0.946. The lowest BCUT2D eigenvalue weighted by atomic mass is 10.1. The van der Waals surface area contributed by atoms with Crippen LogP contribution < -0.4 is 5.84 Å². The van der Waals surface area contributed by atoms with Gasteiger partial charge in [-0.15, -0.1) is 0 Å². The van der Waals surface area contributed by atoms with E-state index < -0.39 is 0 Å². The summed E-state index contributed by atoms with van der Waals surface area (Å²) in [6, 6.07) is -0.359. The van der Waals surface area contributed by atoms with Crippen molar-refractivity contribution in [3.05, 3.63) is 0 Å². The van der Waals surface area contributed by atoms with Crippen molar-refractivity contribution in [3.8, 4) is 0 Å². The van der Waals surface area contributed by atoms with Gasteiger partial charge in [0.1, 0.15) is 12.3 Å². The van der Waals surface area contributed by atoms with E-state index in [9.17, 15) is 9.59 Å². The van der Waals surface area contributed by atoms with Crippen molar-refractivity contribution < 1.29 is 9.59 Å². The zero-order chi connectivity index (χ0) is 6.15. The van der Waals surface area contributed by atoms with Gasteiger partial charge in [0.2, 0.25) is 5.91 Å². The molecule has 1 aliphatic rings. The van der Waals surface area contributed by atoms with E-state index in [0.29, 0.717) is 6.29 Å². The van der Waals surface area contributed by atoms with Gasteiger partial charge in [-0.25, -0.2) is 5.84 Å². The predicted octanol–water partition coefficient (Wildman–Crippen LogP) is -1.34. The SMILES string of the molecule is NN1C(=O)CC1C=O. The molecular formula is C4H6N2O2. The summed E-state index contributed by atoms with van der Waals surface area (Å²) < 4.78 is 0. The fraction of sp³-hybridized carbons (Fsp3) is 0.500. The third-order valence-corrected chi connectivity index (χ3v) is 1.19. The lowest BCUT2D eigenvalue weighted by Gasteiger charge is -2.31. The number of carbonyl (C=O) groups is 2. The summed E-state index contributed by atoms with van der Waals surface area (Å²) in [5.74, 6) is 4.86. The fourth-order valence-electron chi connectivity index (χ4n) is 0.569. The second kappa shape index (κ2) is 1.56. The molecule has 1 saturated heterocycles. The van der Waals surface area contributed by atoms with Gasteiger partial charge in [0.25, 0.3) is 0 Å². The summed E-state index contributed by atoms with van der Waals surface area (Å²) in [4.78, 5) is 20.1. The molecule has 1 atom stereocenters. The molecule has 0 aromatic heterocycles. The maximum absolute atomic E-state index is 10.2. The van der Waals surface area contributed by atoms with Crippen LogP contribution in [0.1, 0.15) is 6.42 Å². The first-order valence-electron chi connectivity index (χ1n) is 2.27. The highest BCUT2D eigenvalue weighted by Gasteiger charge is 2.32. The molecule has 1 unspecified atom stereocenters. The zero-order valence-corrected chi connectivity index (χ0v) is 4.20. The van der Waals surface area contributed by atoms with Crippen molar-refractivity contribution in [1.29, 1.82) is 0 Å². The molecule has 0 aromatic rings. The number of nitrogens with two attached hydrogens (primary N) is 1. The van der Waals surface area contributed by atoms with E-state index in [0.717, 1.165) is 5.01 Å². The fourth-order valence-corrected chi connectivity index (χ4v) is 0.569. The number of hydrazine groups is 1. The highest BCUT2D eigenvalue weighted by atomic mass is 16.2. The Bertz CT molecular complexity index is 134. The lowest BCUT2D eigenvalue weighted by Crippen LogP contribution is -2.57. The van der Waals surface area contributed by atoms with Crippen LogP contribution in [0.25, 0.3) is 0 Å². The van der Waals surface area contributed by atoms with Crippen molar-refractivity contribution in [2.45, 2.75) is 12.5 Å². The van der Waals surface area contributed by atoms with Crippen LogP contribution in [0.2, 0.25) is 0 Å². The standard InChI is InChI=1S/C4H6N2O2/c5-6-3(2-7)1-4(6)8/h2-3H,1,5H2. The number of hydrogen-bond donors (Lipinski definition) is 1. The van der Waals surface area contributed by atoms with Gasteiger partial charge in [0.05, 0.1) is 6.42 Å². The highest BCUT2D eigenvalue weighted by Crippen LogP contribution is 2.10. The molecule has 0 spiro atoms. The molecule has 1 rings (SSSR count). The molecule has 44 valence electrons. The smallest absolute Gasteiger partial charge is 0.239 e. The lowest BCUT2D eigenvalue weighted by molar-refractivity contribution is -0.149. The summed E-state index contributed by atoms with van der Waals surface area (Å²) in [6.45, 7) is 0. The Balaban J connectivity index is 2.47. The number of nitrogens with zero attached hydrogens (tertiary/aromatic N) is 1. The van der Waals surface area contributed by atoms with E-state index in [1.807, 2.05) is 0 Å². The van der Waals surface area contributed by atoms with Gasteiger partial charge < -0.3 is 4.79 Å². The molecule has 0 aromatic carbocycles. The van der Waals surface area contributed by atoms with E-state index in [1.54, 1.807) is 0 Å². The molecule has 1 amide bonds. The predicted molar refractivity (Wildman–Crippen MR) is 25.5 cm³/mol. The average Bonchev–Trinajstić information content (AvgIpc) is 1.81. The Hall–Kier alpha value is -0.900. The van der Waals surface area contributed by atoms with E-state index in [2.05, 4.69) is 0 Å². The van der Waals surface area contributed by atoms with Crippen LogP contribution in [0, 0.1) is 0 Å². The molecule has 0 bridgehead atoms. The van der Waals surface area contributed by atoms with Crippen LogP contribution in [-0.4, -0.2) is 23.2 Å². The third kappa shape index (κ3) is 0.500. The minimum Gasteiger partial charge on any atom is -0.301 e. The van der Waals surface area contributed by atoms with Crippen molar-refractivity contribution in [3.63, 3.8) is 0 Å². The molecule has 8 heavy (non-hydrogen) atoms. The van der Waals surface area contributed by atoms with Crippen LogP contribution in [0.15, 0.2) is 0 Å². The van der Waals surface area contributed by atoms with Crippen molar-refractivity contribution in [1.82, 2.24) is 5.01 Å². The van der Waals surface area contributed by atoms with Gasteiger partial charge in [-0.05, 0) is 0 Å². The van der Waals surface area contributed by atoms with Crippen LogP contribution in [0.3, 0.4) is 0 Å². The van der Waals surface area contributed by atoms with E-state index in [1.165, 1.54) is 0 Å². The second-order valence-corrected chi connectivity index (χ2v) is 1.71. The van der Waals surface area contributed by atoms with E-state index >= 15 is 0 Å². The molecule has 0 aliphatic carbocycles. The maximum Gasteiger partial charge on any atom is 0.239 e. The van der Waals surface area contributed by atoms with Crippen LogP contribution in [0.5, 0.6) is 0 Å². The summed E-state index contributed by atoms with van der Waals surface area (Å²) in [7, 11) is 0. The number of hydrogen-bond acceptors (Lipinski definition) is 3. The largest absolute Gasteiger partial charge is 0.301 e. The Labute approximate surface area is 46.2 Å². The average molecular weight is 114 g/mol. The van der Waals surface area contributed by atoms with E-state index in [-0.39, 0.29) is 18.4 Å². The van der Waals surface area contributed by atoms with Gasteiger partial charge in [0, 0.05) is 0 Å². The Morgan fingerprint density at radius 2 is 2.50 bits per heavy atom. The second-order valence-electron chi connectivity index (χ2n) is 1.71. The first-order chi connectivity index (χ1) is 3.75. The molecule has 1 aliphatic heterocycles.